The zero-order valence-electron chi connectivity index (χ0n) is 15.6. The van der Waals surface area contributed by atoms with Gasteiger partial charge in [-0.1, -0.05) is 11.6 Å². The number of pyridine rings is 1. The summed E-state index contributed by atoms with van der Waals surface area (Å²) in [7, 11) is 0. The van der Waals surface area contributed by atoms with Gasteiger partial charge in [-0.15, -0.1) is 21.5 Å². The quantitative estimate of drug-likeness (QED) is 0.483. The number of aromatic nitrogens is 6. The molecule has 0 bridgehead atoms. The number of thiazole rings is 1. The van der Waals surface area contributed by atoms with Crippen LogP contribution in [0.4, 0.5) is 10.2 Å². The van der Waals surface area contributed by atoms with Crippen molar-refractivity contribution < 1.29 is 8.91 Å². The molecule has 9 nitrogen and oxygen atoms in total. The molecule has 4 aromatic rings. The molecule has 0 aromatic carbocycles. The molecule has 5 rings (SSSR count). The van der Waals surface area contributed by atoms with Gasteiger partial charge in [0.25, 0.3) is 0 Å². The second-order valence-electron chi connectivity index (χ2n) is 7.10. The summed E-state index contributed by atoms with van der Waals surface area (Å²) >= 11 is 1.31. The summed E-state index contributed by atoms with van der Waals surface area (Å²) in [6, 6.07) is 6.67. The van der Waals surface area contributed by atoms with E-state index in [0.29, 0.717) is 39.5 Å². The van der Waals surface area contributed by atoms with Crippen molar-refractivity contribution in [2.45, 2.75) is 24.7 Å². The van der Waals surface area contributed by atoms with Crippen LogP contribution in [0.5, 0.6) is 0 Å². The normalized spacial score (nSPS) is 15.0. The fourth-order valence-electron chi connectivity index (χ4n) is 3.52. The maximum absolute atomic E-state index is 14.2. The van der Waals surface area contributed by atoms with Gasteiger partial charge >= 0.3 is 5.76 Å². The van der Waals surface area contributed by atoms with Gasteiger partial charge in [-0.3, -0.25) is 14.5 Å². The third-order valence-electron chi connectivity index (χ3n) is 5.24. The van der Waals surface area contributed by atoms with E-state index in [1.165, 1.54) is 17.4 Å². The molecular weight excluding hydrogens is 409 g/mol. The summed E-state index contributed by atoms with van der Waals surface area (Å²) in [5, 5.41) is 16.0. The number of rotatable bonds is 6. The topological polar surface area (TPSA) is 122 Å². The number of H-pyrrole nitrogens is 1. The molecule has 11 heteroatoms. The summed E-state index contributed by atoms with van der Waals surface area (Å²) in [6.45, 7) is 0.538. The largest absolute Gasteiger partial charge is 0.439 e. The molecule has 1 aliphatic carbocycles. The van der Waals surface area contributed by atoms with Crippen molar-refractivity contribution >= 4 is 17.2 Å². The number of nitrogens with one attached hydrogen (secondary N) is 2. The summed E-state index contributed by atoms with van der Waals surface area (Å²) in [4.78, 5) is 22.8. The van der Waals surface area contributed by atoms with Gasteiger partial charge in [-0.05, 0) is 37.1 Å². The Balaban J connectivity index is 1.29. The van der Waals surface area contributed by atoms with Gasteiger partial charge in [0.1, 0.15) is 22.3 Å². The van der Waals surface area contributed by atoms with Crippen molar-refractivity contribution in [2.75, 3.05) is 11.9 Å². The zero-order valence-corrected chi connectivity index (χ0v) is 16.4. The van der Waals surface area contributed by atoms with Crippen molar-refractivity contribution in [2.24, 2.45) is 0 Å². The molecule has 0 aliphatic heterocycles. The standard InChI is InChI=1S/C19H16FN7O2S/c20-11-3-1-8-21-15(11)19(6-2-7-19)10-23-14-5-4-12(25-26-14)17-22-9-13(30-17)16-24-18(28)29-27-16/h1,3-5,8-9H,2,6-7,10H2,(H,23,26)(H,24,27,28). The van der Waals surface area contributed by atoms with Gasteiger partial charge < -0.3 is 5.32 Å². The average Bonchev–Trinajstić information content (AvgIpc) is 3.38. The van der Waals surface area contributed by atoms with Crippen molar-refractivity contribution in [3.05, 3.63) is 58.7 Å². The summed E-state index contributed by atoms with van der Waals surface area (Å²) < 4.78 is 18.8. The SMILES string of the molecule is O=c1[nH]c(-c2cnc(-c3ccc(NCC4(c5ncccc5F)CCC4)nn3)s2)no1. The molecule has 0 amide bonds. The Morgan fingerprint density at radius 2 is 2.13 bits per heavy atom. The van der Waals surface area contributed by atoms with E-state index in [0.717, 1.165) is 19.3 Å². The highest BCUT2D eigenvalue weighted by atomic mass is 32.1. The molecule has 4 aromatic heterocycles. The Morgan fingerprint density at radius 1 is 1.23 bits per heavy atom. The Bertz CT molecular complexity index is 1230. The lowest BCUT2D eigenvalue weighted by atomic mass is 9.66. The Morgan fingerprint density at radius 3 is 2.80 bits per heavy atom. The molecular formula is C19H16FN7O2S. The average molecular weight is 425 g/mol. The molecule has 0 radical (unpaired) electrons. The number of anilines is 1. The van der Waals surface area contributed by atoms with Crippen LogP contribution in [0.15, 0.2) is 46.0 Å². The second-order valence-corrected chi connectivity index (χ2v) is 8.13. The van der Waals surface area contributed by atoms with Crippen LogP contribution in [-0.4, -0.2) is 36.9 Å². The molecule has 0 unspecified atom stereocenters. The first-order valence-electron chi connectivity index (χ1n) is 9.34. The summed E-state index contributed by atoms with van der Waals surface area (Å²) in [5.74, 6) is 0.0278. The lowest BCUT2D eigenvalue weighted by Gasteiger charge is -2.41. The highest BCUT2D eigenvalue weighted by Crippen LogP contribution is 2.43. The van der Waals surface area contributed by atoms with E-state index in [1.54, 1.807) is 24.5 Å². The monoisotopic (exact) mass is 425 g/mol. The summed E-state index contributed by atoms with van der Waals surface area (Å²) in [5.41, 5.74) is 0.788. The van der Waals surface area contributed by atoms with Gasteiger partial charge in [0.05, 0.1) is 10.6 Å². The zero-order chi connectivity index (χ0) is 20.6. The first-order chi connectivity index (χ1) is 14.6. The van der Waals surface area contributed by atoms with Crippen LogP contribution in [0, 0.1) is 5.82 Å². The van der Waals surface area contributed by atoms with Gasteiger partial charge in [0.2, 0.25) is 0 Å². The minimum Gasteiger partial charge on any atom is -0.368 e. The lowest BCUT2D eigenvalue weighted by Crippen LogP contribution is -2.42. The fraction of sp³-hybridized carbons (Fsp3) is 0.263. The third kappa shape index (κ3) is 3.36. The van der Waals surface area contributed by atoms with Crippen molar-refractivity contribution in [1.29, 1.82) is 0 Å². The van der Waals surface area contributed by atoms with E-state index >= 15 is 0 Å². The van der Waals surface area contributed by atoms with E-state index < -0.39 is 5.76 Å². The van der Waals surface area contributed by atoms with Crippen molar-refractivity contribution in [3.8, 4) is 21.4 Å². The van der Waals surface area contributed by atoms with E-state index in [4.69, 9.17) is 0 Å². The van der Waals surface area contributed by atoms with Crippen LogP contribution in [-0.2, 0) is 5.41 Å². The minimum absolute atomic E-state index is 0.270. The maximum Gasteiger partial charge on any atom is 0.439 e. The van der Waals surface area contributed by atoms with Gasteiger partial charge in [-0.2, -0.15) is 0 Å². The van der Waals surface area contributed by atoms with Crippen LogP contribution >= 0.6 is 11.3 Å². The first kappa shape index (κ1) is 18.6. The smallest absolute Gasteiger partial charge is 0.368 e. The maximum atomic E-state index is 14.2. The second kappa shape index (κ2) is 7.41. The molecule has 30 heavy (non-hydrogen) atoms. The molecule has 0 saturated heterocycles. The molecule has 2 N–H and O–H groups in total. The number of aromatic amines is 1. The Hall–Kier alpha value is -3.47. The highest BCUT2D eigenvalue weighted by Gasteiger charge is 2.41. The molecule has 4 heterocycles. The van der Waals surface area contributed by atoms with Gasteiger partial charge in [0, 0.05) is 24.4 Å². The van der Waals surface area contributed by atoms with E-state index in [9.17, 15) is 9.18 Å². The van der Waals surface area contributed by atoms with E-state index in [2.05, 4.69) is 40.1 Å². The Labute approximate surface area is 173 Å². The molecule has 1 fully saturated rings. The third-order valence-corrected chi connectivity index (χ3v) is 6.27. The van der Waals surface area contributed by atoms with Crippen molar-refractivity contribution in [1.82, 2.24) is 30.3 Å². The van der Waals surface area contributed by atoms with Crippen LogP contribution in [0.2, 0.25) is 0 Å². The van der Waals surface area contributed by atoms with Crippen molar-refractivity contribution in [3.63, 3.8) is 0 Å². The first-order valence-corrected chi connectivity index (χ1v) is 10.2. The highest BCUT2D eigenvalue weighted by molar-refractivity contribution is 7.18. The lowest BCUT2D eigenvalue weighted by molar-refractivity contribution is 0.243. The van der Waals surface area contributed by atoms with Crippen LogP contribution < -0.4 is 11.1 Å². The molecule has 1 aliphatic rings. The van der Waals surface area contributed by atoms with E-state index in [-0.39, 0.29) is 11.2 Å². The Kier molecular flexibility index (Phi) is 4.58. The number of nitrogens with zero attached hydrogens (tertiary/aromatic N) is 5. The molecule has 0 spiro atoms. The predicted molar refractivity (Wildman–Crippen MR) is 107 cm³/mol. The predicted octanol–water partition coefficient (Wildman–Crippen LogP) is 3.01. The fourth-order valence-corrected chi connectivity index (χ4v) is 4.33. The number of halogens is 1. The number of hydrogen-bond acceptors (Lipinski definition) is 9. The molecule has 1 saturated carbocycles. The number of hydrogen-bond donors (Lipinski definition) is 2. The van der Waals surface area contributed by atoms with Gasteiger partial charge in [-0.25, -0.2) is 14.2 Å². The van der Waals surface area contributed by atoms with Crippen LogP contribution in [0.1, 0.15) is 25.0 Å². The molecule has 152 valence electrons. The molecule has 0 atom stereocenters. The van der Waals surface area contributed by atoms with Gasteiger partial charge in [0.15, 0.2) is 5.82 Å². The minimum atomic E-state index is -0.620. The van der Waals surface area contributed by atoms with Crippen LogP contribution in [0.25, 0.3) is 21.4 Å². The van der Waals surface area contributed by atoms with E-state index in [1.807, 2.05) is 6.07 Å². The summed E-state index contributed by atoms with van der Waals surface area (Å²) in [6.07, 6.45) is 6.02. The van der Waals surface area contributed by atoms with Crippen LogP contribution in [0.3, 0.4) is 0 Å².